The van der Waals surface area contributed by atoms with Crippen molar-refractivity contribution >= 4 is 23.6 Å². The van der Waals surface area contributed by atoms with Gasteiger partial charge in [-0.05, 0) is 29.3 Å². The van der Waals surface area contributed by atoms with Gasteiger partial charge in [-0.15, -0.1) is 0 Å². The molecule has 16 heavy (non-hydrogen) atoms. The minimum absolute atomic E-state index is 0.104. The van der Waals surface area contributed by atoms with E-state index in [0.717, 1.165) is 0 Å². The highest BCUT2D eigenvalue weighted by atomic mass is 35.5. The Bertz CT molecular complexity index is 461. The molecule has 0 aromatic heterocycles. The molecule has 1 rings (SSSR count). The number of halogens is 1. The lowest BCUT2D eigenvalue weighted by molar-refractivity contribution is -0.136. The van der Waals surface area contributed by atoms with Crippen molar-refractivity contribution < 1.29 is 9.53 Å². The average molecular weight is 238 g/mol. The number of carbonyl (C=O) groups is 1. The van der Waals surface area contributed by atoms with Crippen molar-refractivity contribution in [3.05, 3.63) is 51.0 Å². The van der Waals surface area contributed by atoms with Crippen molar-refractivity contribution in [1.82, 2.24) is 0 Å². The van der Waals surface area contributed by atoms with E-state index < -0.39 is 5.97 Å². The molecule has 0 aliphatic rings. The second-order valence-corrected chi connectivity index (χ2v) is 3.20. The average Bonchev–Trinajstić information content (AvgIpc) is 2.30. The lowest BCUT2D eigenvalue weighted by Crippen LogP contribution is -2.01. The van der Waals surface area contributed by atoms with Crippen LogP contribution in [-0.2, 0) is 9.53 Å². The number of ether oxygens (including phenoxy) is 1. The smallest absolute Gasteiger partial charge is 0.340 e. The van der Waals surface area contributed by atoms with Crippen LogP contribution in [0.2, 0.25) is 5.02 Å². The van der Waals surface area contributed by atoms with Gasteiger partial charge in [0, 0.05) is 9.93 Å². The molecule has 0 heterocycles. The molecule has 0 atom stereocenters. The highest BCUT2D eigenvalue weighted by Gasteiger charge is 2.06. The number of esters is 1. The van der Waals surface area contributed by atoms with Gasteiger partial charge in [0.15, 0.2) is 0 Å². The number of nitrogens with zero attached hydrogens (tertiary/aromatic N) is 3. The van der Waals surface area contributed by atoms with Gasteiger partial charge in [-0.1, -0.05) is 28.8 Å². The predicted molar refractivity (Wildman–Crippen MR) is 60.6 cm³/mol. The molecule has 0 spiro atoms. The van der Waals surface area contributed by atoms with E-state index in [4.69, 9.17) is 17.1 Å². The van der Waals surface area contributed by atoms with Gasteiger partial charge in [0.05, 0.1) is 7.11 Å². The predicted octanol–water partition coefficient (Wildman–Crippen LogP) is 3.16. The molecule has 0 unspecified atom stereocenters. The Morgan fingerprint density at radius 2 is 2.12 bits per heavy atom. The Morgan fingerprint density at radius 3 is 2.62 bits per heavy atom. The second kappa shape index (κ2) is 5.80. The maximum atomic E-state index is 11.2. The minimum Gasteiger partial charge on any atom is -0.466 e. The van der Waals surface area contributed by atoms with Gasteiger partial charge in [0.2, 0.25) is 0 Å². The Morgan fingerprint density at radius 1 is 1.50 bits per heavy atom. The van der Waals surface area contributed by atoms with Gasteiger partial charge >= 0.3 is 5.97 Å². The van der Waals surface area contributed by atoms with Crippen LogP contribution in [0.3, 0.4) is 0 Å². The Labute approximate surface area is 96.9 Å². The topological polar surface area (TPSA) is 75.1 Å². The molecule has 5 nitrogen and oxygen atoms in total. The first-order valence-corrected chi connectivity index (χ1v) is 4.66. The molecule has 0 N–H and O–H groups in total. The fourth-order valence-corrected chi connectivity index (χ4v) is 1.12. The van der Waals surface area contributed by atoms with E-state index in [1.165, 1.54) is 13.2 Å². The summed E-state index contributed by atoms with van der Waals surface area (Å²) in [5, 5.41) is 3.83. The Hall–Kier alpha value is -1.97. The first-order valence-electron chi connectivity index (χ1n) is 4.28. The summed E-state index contributed by atoms with van der Waals surface area (Å²) >= 11 is 5.70. The molecule has 0 fully saturated rings. The molecule has 0 saturated carbocycles. The summed E-state index contributed by atoms with van der Waals surface area (Å²) < 4.78 is 4.46. The van der Waals surface area contributed by atoms with Crippen LogP contribution in [0, 0.1) is 0 Å². The molecule has 0 saturated heterocycles. The zero-order chi connectivity index (χ0) is 12.0. The van der Waals surface area contributed by atoms with Gasteiger partial charge in [0.1, 0.15) is 5.70 Å². The number of azide groups is 1. The molecule has 0 amide bonds. The monoisotopic (exact) mass is 237 g/mol. The van der Waals surface area contributed by atoms with E-state index in [2.05, 4.69) is 14.8 Å². The summed E-state index contributed by atoms with van der Waals surface area (Å²) in [5.74, 6) is -0.687. The summed E-state index contributed by atoms with van der Waals surface area (Å²) in [7, 11) is 1.21. The third kappa shape index (κ3) is 3.31. The molecule has 6 heteroatoms. The summed E-state index contributed by atoms with van der Waals surface area (Å²) in [6.07, 6.45) is 1.42. The van der Waals surface area contributed by atoms with Crippen molar-refractivity contribution in [2.24, 2.45) is 5.11 Å². The molecule has 0 radical (unpaired) electrons. The number of rotatable bonds is 3. The van der Waals surface area contributed by atoms with Crippen molar-refractivity contribution in [2.45, 2.75) is 0 Å². The third-order valence-corrected chi connectivity index (χ3v) is 1.97. The van der Waals surface area contributed by atoms with Crippen LogP contribution < -0.4 is 0 Å². The van der Waals surface area contributed by atoms with Crippen molar-refractivity contribution in [3.8, 4) is 0 Å². The van der Waals surface area contributed by atoms with E-state index in [1.807, 2.05) is 0 Å². The van der Waals surface area contributed by atoms with Crippen LogP contribution in [0.25, 0.3) is 16.5 Å². The highest BCUT2D eigenvalue weighted by molar-refractivity contribution is 6.30. The quantitative estimate of drug-likeness (QED) is 0.266. The van der Waals surface area contributed by atoms with E-state index in [1.54, 1.807) is 24.3 Å². The van der Waals surface area contributed by atoms with Crippen LogP contribution >= 0.6 is 11.6 Å². The number of hydrogen-bond acceptors (Lipinski definition) is 3. The van der Waals surface area contributed by atoms with Crippen molar-refractivity contribution in [1.29, 1.82) is 0 Å². The van der Waals surface area contributed by atoms with E-state index in [9.17, 15) is 4.79 Å². The Kier molecular flexibility index (Phi) is 4.39. The summed E-state index contributed by atoms with van der Waals surface area (Å²) in [4.78, 5) is 13.7. The van der Waals surface area contributed by atoms with Crippen LogP contribution in [0.1, 0.15) is 5.56 Å². The van der Waals surface area contributed by atoms with E-state index in [-0.39, 0.29) is 5.70 Å². The molecular weight excluding hydrogens is 230 g/mol. The van der Waals surface area contributed by atoms with E-state index in [0.29, 0.717) is 10.6 Å². The number of hydrogen-bond donors (Lipinski definition) is 0. The van der Waals surface area contributed by atoms with Gasteiger partial charge in [0.25, 0.3) is 0 Å². The van der Waals surface area contributed by atoms with Gasteiger partial charge < -0.3 is 4.74 Å². The van der Waals surface area contributed by atoms with Gasteiger partial charge in [-0.2, -0.15) is 0 Å². The lowest BCUT2D eigenvalue weighted by atomic mass is 10.2. The first-order chi connectivity index (χ1) is 7.67. The first kappa shape index (κ1) is 12.1. The summed E-state index contributed by atoms with van der Waals surface area (Å²) in [6.45, 7) is 0. The molecule has 0 aliphatic heterocycles. The maximum absolute atomic E-state index is 11.2. The SMILES string of the molecule is COC(=O)/C(=C/c1ccc(Cl)cc1)N=[N+]=[N-]. The maximum Gasteiger partial charge on any atom is 0.340 e. The Balaban J connectivity index is 3.06. The number of benzene rings is 1. The summed E-state index contributed by atoms with van der Waals surface area (Å²) in [6, 6.07) is 6.72. The van der Waals surface area contributed by atoms with Crippen molar-refractivity contribution in [2.75, 3.05) is 7.11 Å². The van der Waals surface area contributed by atoms with Crippen LogP contribution in [0.15, 0.2) is 35.1 Å². The van der Waals surface area contributed by atoms with Gasteiger partial charge in [-0.25, -0.2) is 4.79 Å². The summed E-state index contributed by atoms with van der Waals surface area (Å²) in [5.41, 5.74) is 8.88. The second-order valence-electron chi connectivity index (χ2n) is 2.76. The molecule has 1 aromatic rings. The molecule has 1 aromatic carbocycles. The highest BCUT2D eigenvalue weighted by Crippen LogP contribution is 2.13. The largest absolute Gasteiger partial charge is 0.466 e. The van der Waals surface area contributed by atoms with Crippen LogP contribution in [0.4, 0.5) is 0 Å². The zero-order valence-corrected chi connectivity index (χ0v) is 9.18. The standard InChI is InChI=1S/C10H8ClN3O2/c1-16-10(15)9(13-14-12)6-7-2-4-8(11)5-3-7/h2-6H,1H3/b9-6-. The molecular formula is C10H8ClN3O2. The number of methoxy groups -OCH3 is 1. The van der Waals surface area contributed by atoms with Gasteiger partial charge in [-0.3, -0.25) is 0 Å². The van der Waals surface area contributed by atoms with Crippen LogP contribution in [0.5, 0.6) is 0 Å². The van der Waals surface area contributed by atoms with Crippen LogP contribution in [-0.4, -0.2) is 13.1 Å². The zero-order valence-electron chi connectivity index (χ0n) is 8.42. The normalized spacial score (nSPS) is 10.5. The minimum atomic E-state index is -0.687. The fraction of sp³-hybridized carbons (Fsp3) is 0.100. The lowest BCUT2D eigenvalue weighted by Gasteiger charge is -1.98. The third-order valence-electron chi connectivity index (χ3n) is 1.72. The molecule has 0 aliphatic carbocycles. The van der Waals surface area contributed by atoms with E-state index >= 15 is 0 Å². The number of carbonyl (C=O) groups excluding carboxylic acids is 1. The van der Waals surface area contributed by atoms with Crippen molar-refractivity contribution in [3.63, 3.8) is 0 Å². The fourth-order valence-electron chi connectivity index (χ4n) is 0.998. The molecule has 0 bridgehead atoms. The molecule has 82 valence electrons.